The van der Waals surface area contributed by atoms with E-state index in [1.54, 1.807) is 15.9 Å². The molecule has 1 heterocycles. The molecule has 0 aromatic heterocycles. The summed E-state index contributed by atoms with van der Waals surface area (Å²) in [6.45, 7) is 0. The van der Waals surface area contributed by atoms with E-state index in [-0.39, 0.29) is 23.8 Å². The van der Waals surface area contributed by atoms with Crippen LogP contribution >= 0.6 is 23.8 Å². The van der Waals surface area contributed by atoms with Crippen LogP contribution in [0.5, 0.6) is 0 Å². The summed E-state index contributed by atoms with van der Waals surface area (Å²) in [4.78, 5) is 0. The molecule has 0 N–H and O–H groups in total. The van der Waals surface area contributed by atoms with Gasteiger partial charge < -0.3 is 0 Å². The molecule has 4 aromatic rings. The second-order valence-corrected chi connectivity index (χ2v) is 16.6. The summed E-state index contributed by atoms with van der Waals surface area (Å²) in [6, 6.07) is 43.7. The molecule has 5 rings (SSSR count). The maximum absolute atomic E-state index is 2.53. The first kappa shape index (κ1) is 24.8. The van der Waals surface area contributed by atoms with Gasteiger partial charge in [-0.25, -0.2) is 0 Å². The lowest BCUT2D eigenvalue weighted by molar-refractivity contribution is 1.06. The second-order valence-electron chi connectivity index (χ2n) is 9.36. The van der Waals surface area contributed by atoms with E-state index in [2.05, 4.69) is 115 Å². The summed E-state index contributed by atoms with van der Waals surface area (Å²) >= 11 is 0. The largest absolute Gasteiger partial charge is 0.0753 e. The average Bonchev–Trinajstić information content (AvgIpc) is 2.92. The van der Waals surface area contributed by atoms with E-state index < -0.39 is 0 Å². The van der Waals surface area contributed by atoms with Gasteiger partial charge in [0, 0.05) is 0 Å². The molecule has 4 aromatic carbocycles. The molecule has 2 unspecified atom stereocenters. The lowest BCUT2D eigenvalue weighted by atomic mass is 10.2. The van der Waals surface area contributed by atoms with Crippen molar-refractivity contribution in [3.8, 4) is 0 Å². The average molecular weight is 513 g/mol. The Hall–Kier alpha value is -1.83. The molecule has 178 valence electrons. The third-order valence-electron chi connectivity index (χ3n) is 6.81. The van der Waals surface area contributed by atoms with Crippen LogP contribution in [-0.4, -0.2) is 24.6 Å². The summed E-state index contributed by atoms with van der Waals surface area (Å²) in [5, 5.41) is 4.74. The Bertz CT molecular complexity index is 1090. The number of fused-ring (bicyclic) bond motifs is 2. The van der Waals surface area contributed by atoms with E-state index in [0.717, 1.165) is 0 Å². The van der Waals surface area contributed by atoms with Gasteiger partial charge >= 0.3 is 0 Å². The fourth-order valence-corrected chi connectivity index (χ4v) is 12.7. The van der Waals surface area contributed by atoms with Crippen molar-refractivity contribution in [2.75, 3.05) is 24.6 Å². The molecule has 2 atom stereocenters. The SMILES string of the molecule is c1ccc(P2CCCP(c3ccccc3)Cc3cccc(c3)CP(c3ccccc3)CCC2)cc1. The predicted octanol–water partition coefficient (Wildman–Crippen LogP) is 7.90. The molecule has 35 heavy (non-hydrogen) atoms. The highest BCUT2D eigenvalue weighted by Crippen LogP contribution is 2.46. The summed E-state index contributed by atoms with van der Waals surface area (Å²) in [5.74, 6) is 0. The van der Waals surface area contributed by atoms with Gasteiger partial charge in [0.15, 0.2) is 0 Å². The number of benzene rings is 4. The second kappa shape index (κ2) is 12.9. The van der Waals surface area contributed by atoms with Gasteiger partial charge in [-0.05, 0) is 76.9 Å². The standard InChI is InChI=1S/C32H35P3/c1-4-15-30(16-5-1)33-21-11-23-34(31-17-6-2-7-18-31)26-28-13-10-14-29(25-28)27-35(24-12-22-33)32-19-8-3-9-20-32/h1-10,13-20,25H,11-12,21-24,26-27H2. The minimum atomic E-state index is -0.179. The van der Waals surface area contributed by atoms with Gasteiger partial charge in [0.1, 0.15) is 0 Å². The van der Waals surface area contributed by atoms with Crippen molar-refractivity contribution in [1.29, 1.82) is 0 Å². The minimum absolute atomic E-state index is 0.0854. The molecule has 0 aliphatic carbocycles. The van der Waals surface area contributed by atoms with Gasteiger partial charge in [-0.1, -0.05) is 139 Å². The molecule has 0 fully saturated rings. The first-order chi connectivity index (χ1) is 17.3. The highest BCUT2D eigenvalue weighted by Gasteiger charge is 2.18. The maximum atomic E-state index is 2.53. The van der Waals surface area contributed by atoms with Gasteiger partial charge in [0.05, 0.1) is 0 Å². The van der Waals surface area contributed by atoms with Crippen molar-refractivity contribution in [2.45, 2.75) is 25.2 Å². The number of rotatable bonds is 3. The fraction of sp³-hybridized carbons (Fsp3) is 0.250. The smallest absolute Gasteiger partial charge is 0.00327 e. The van der Waals surface area contributed by atoms with E-state index in [9.17, 15) is 0 Å². The van der Waals surface area contributed by atoms with Crippen molar-refractivity contribution in [3.63, 3.8) is 0 Å². The molecule has 0 amide bonds. The van der Waals surface area contributed by atoms with Gasteiger partial charge in [0.2, 0.25) is 0 Å². The van der Waals surface area contributed by atoms with Crippen LogP contribution in [0.4, 0.5) is 0 Å². The highest BCUT2D eigenvalue weighted by atomic mass is 31.1. The Kier molecular flexibility index (Phi) is 9.18. The Morgan fingerprint density at radius 3 is 1.17 bits per heavy atom. The van der Waals surface area contributed by atoms with E-state index in [0.29, 0.717) is 0 Å². The minimum Gasteiger partial charge on any atom is -0.0753 e. The van der Waals surface area contributed by atoms with Crippen molar-refractivity contribution in [1.82, 2.24) is 0 Å². The summed E-state index contributed by atoms with van der Waals surface area (Å²) in [6.07, 6.45) is 10.5. The third kappa shape index (κ3) is 7.11. The zero-order valence-electron chi connectivity index (χ0n) is 20.5. The van der Waals surface area contributed by atoms with Crippen LogP contribution in [0.3, 0.4) is 0 Å². The van der Waals surface area contributed by atoms with Gasteiger partial charge in [-0.2, -0.15) is 0 Å². The first-order valence-electron chi connectivity index (χ1n) is 12.8. The molecule has 0 saturated heterocycles. The van der Waals surface area contributed by atoms with E-state index in [1.807, 2.05) is 0 Å². The summed E-state index contributed by atoms with van der Waals surface area (Å²) in [5.41, 5.74) is 3.06. The van der Waals surface area contributed by atoms with Crippen LogP contribution in [0.1, 0.15) is 24.0 Å². The zero-order valence-corrected chi connectivity index (χ0v) is 23.2. The van der Waals surface area contributed by atoms with Crippen molar-refractivity contribution in [2.24, 2.45) is 0 Å². The molecule has 1 aliphatic heterocycles. The Morgan fingerprint density at radius 2 is 0.743 bits per heavy atom. The maximum Gasteiger partial charge on any atom is -0.00327 e. The molecule has 0 radical (unpaired) electrons. The lowest BCUT2D eigenvalue weighted by Gasteiger charge is -2.25. The lowest BCUT2D eigenvalue weighted by Crippen LogP contribution is -2.12. The summed E-state index contributed by atoms with van der Waals surface area (Å²) in [7, 11) is -0.444. The number of hydrogen-bond donors (Lipinski definition) is 0. The van der Waals surface area contributed by atoms with Gasteiger partial charge in [0.25, 0.3) is 0 Å². The molecular formula is C32H35P3. The Balaban J connectivity index is 1.45. The monoisotopic (exact) mass is 512 g/mol. The van der Waals surface area contributed by atoms with Crippen LogP contribution in [0.15, 0.2) is 115 Å². The van der Waals surface area contributed by atoms with Crippen LogP contribution < -0.4 is 15.9 Å². The van der Waals surface area contributed by atoms with Crippen LogP contribution in [-0.2, 0) is 12.3 Å². The van der Waals surface area contributed by atoms with Gasteiger partial charge in [-0.3, -0.25) is 0 Å². The first-order valence-corrected chi connectivity index (χ1v) is 18.0. The predicted molar refractivity (Wildman–Crippen MR) is 162 cm³/mol. The van der Waals surface area contributed by atoms with Crippen molar-refractivity contribution in [3.05, 3.63) is 126 Å². The van der Waals surface area contributed by atoms with Crippen molar-refractivity contribution < 1.29 is 0 Å². The third-order valence-corrected chi connectivity index (χ3v) is 14.8. The normalized spacial score (nSPS) is 21.7. The Labute approximate surface area is 215 Å². The molecule has 0 spiro atoms. The topological polar surface area (TPSA) is 0 Å². The highest BCUT2D eigenvalue weighted by molar-refractivity contribution is 7.66. The molecule has 3 heteroatoms. The zero-order chi connectivity index (χ0) is 23.7. The fourth-order valence-electron chi connectivity index (χ4n) is 5.06. The van der Waals surface area contributed by atoms with Crippen LogP contribution in [0.25, 0.3) is 0 Å². The van der Waals surface area contributed by atoms with Crippen LogP contribution in [0, 0.1) is 0 Å². The van der Waals surface area contributed by atoms with Gasteiger partial charge in [-0.15, -0.1) is 0 Å². The molecule has 0 saturated carbocycles. The molecule has 0 nitrogen and oxygen atoms in total. The quantitative estimate of drug-likeness (QED) is 0.245. The molecule has 1 aliphatic rings. The number of hydrogen-bond acceptors (Lipinski definition) is 0. The Morgan fingerprint density at radius 1 is 0.371 bits per heavy atom. The van der Waals surface area contributed by atoms with Crippen LogP contribution in [0.2, 0.25) is 0 Å². The van der Waals surface area contributed by atoms with E-state index in [1.165, 1.54) is 60.9 Å². The van der Waals surface area contributed by atoms with E-state index >= 15 is 0 Å². The molecular weight excluding hydrogens is 477 g/mol. The molecule has 2 bridgehead atoms. The van der Waals surface area contributed by atoms with E-state index in [4.69, 9.17) is 0 Å². The van der Waals surface area contributed by atoms with Crippen molar-refractivity contribution >= 4 is 39.7 Å². The summed E-state index contributed by atoms with van der Waals surface area (Å²) < 4.78 is 0.